The summed E-state index contributed by atoms with van der Waals surface area (Å²) in [6.45, 7) is 2.69. The van der Waals surface area contributed by atoms with Crippen LogP contribution in [0.5, 0.6) is 0 Å². The van der Waals surface area contributed by atoms with Gasteiger partial charge in [-0.15, -0.1) is 0 Å². The van der Waals surface area contributed by atoms with Crippen LogP contribution < -0.4 is 0 Å². The van der Waals surface area contributed by atoms with Crippen molar-refractivity contribution in [2.45, 2.75) is 19.9 Å². The molecule has 0 N–H and O–H groups in total. The molecule has 6 nitrogen and oxygen atoms in total. The Kier molecular flexibility index (Phi) is 3.03. The van der Waals surface area contributed by atoms with Crippen molar-refractivity contribution < 1.29 is 0 Å². The number of aryl methyl sites for hydroxylation is 1. The van der Waals surface area contributed by atoms with Crippen molar-refractivity contribution >= 4 is 0 Å². The normalized spacial score (nSPS) is 12.2. The molecule has 0 spiro atoms. The zero-order valence-electron chi connectivity index (χ0n) is 13.8. The number of benzene rings is 1. The summed E-state index contributed by atoms with van der Waals surface area (Å²) in [5.41, 5.74) is 5.29. The largest absolute Gasteiger partial charge is 0.300 e. The molecule has 4 heterocycles. The minimum atomic E-state index is 0.626. The van der Waals surface area contributed by atoms with Gasteiger partial charge in [0, 0.05) is 17.5 Å². The smallest absolute Gasteiger partial charge is 0.160 e. The van der Waals surface area contributed by atoms with Gasteiger partial charge in [-0.25, -0.2) is 14.6 Å². The van der Waals surface area contributed by atoms with Crippen molar-refractivity contribution in [1.29, 1.82) is 0 Å². The predicted octanol–water partition coefficient (Wildman–Crippen LogP) is 2.79. The van der Waals surface area contributed by atoms with E-state index >= 15 is 0 Å². The van der Waals surface area contributed by atoms with Crippen LogP contribution in [-0.2, 0) is 13.0 Å². The molecule has 0 saturated heterocycles. The number of para-hydroxylation sites is 1. The van der Waals surface area contributed by atoms with E-state index in [0.29, 0.717) is 13.0 Å². The molecule has 0 bridgehead atoms. The third kappa shape index (κ3) is 2.26. The molecule has 25 heavy (non-hydrogen) atoms. The number of hydrogen-bond donors (Lipinski definition) is 0. The average molecular weight is 328 g/mol. The molecule has 4 aromatic rings. The Labute approximate surface area is 144 Å². The predicted molar refractivity (Wildman–Crippen MR) is 93.5 cm³/mol. The fourth-order valence-electron chi connectivity index (χ4n) is 3.31. The molecule has 0 fully saturated rings. The Morgan fingerprint density at radius 3 is 2.80 bits per heavy atom. The van der Waals surface area contributed by atoms with E-state index in [9.17, 15) is 0 Å². The number of fused-ring (bicyclic) bond motifs is 5. The minimum absolute atomic E-state index is 0.626. The summed E-state index contributed by atoms with van der Waals surface area (Å²) in [6, 6.07) is 14.2. The molecular weight excluding hydrogens is 312 g/mol. The standard InChI is InChI=1S/C19H16N6/c1-13-17-11-25-19(15-7-2-3-8-16(15)24(17)12-21-13)22-18(23-25)10-14-6-4-5-9-20-14/h2-9,12H,10-11H2,1H3. The van der Waals surface area contributed by atoms with Crippen LogP contribution in [0, 0.1) is 6.92 Å². The second kappa shape index (κ2) is 5.37. The summed E-state index contributed by atoms with van der Waals surface area (Å²) < 4.78 is 4.12. The van der Waals surface area contributed by atoms with Crippen LogP contribution in [0.2, 0.25) is 0 Å². The Bertz CT molecular complexity index is 1060. The van der Waals surface area contributed by atoms with Crippen molar-refractivity contribution in [2.75, 3.05) is 0 Å². The zero-order chi connectivity index (χ0) is 16.8. The lowest BCUT2D eigenvalue weighted by Gasteiger charge is -2.07. The Hall–Kier alpha value is -3.28. The molecule has 1 aliphatic heterocycles. The average Bonchev–Trinajstić information content (AvgIpc) is 3.17. The molecule has 0 unspecified atom stereocenters. The second-order valence-electron chi connectivity index (χ2n) is 6.17. The van der Waals surface area contributed by atoms with E-state index in [1.165, 1.54) is 0 Å². The van der Waals surface area contributed by atoms with Gasteiger partial charge in [-0.3, -0.25) is 4.98 Å². The van der Waals surface area contributed by atoms with E-state index in [2.05, 4.69) is 26.7 Å². The Morgan fingerprint density at radius 1 is 1.04 bits per heavy atom. The van der Waals surface area contributed by atoms with Gasteiger partial charge in [0.15, 0.2) is 11.6 Å². The first-order chi connectivity index (χ1) is 12.3. The van der Waals surface area contributed by atoms with Gasteiger partial charge in [0.2, 0.25) is 0 Å². The number of pyridine rings is 1. The fraction of sp³-hybridized carbons (Fsp3) is 0.158. The van der Waals surface area contributed by atoms with Crippen molar-refractivity contribution in [3.63, 3.8) is 0 Å². The lowest BCUT2D eigenvalue weighted by molar-refractivity contribution is 0.663. The van der Waals surface area contributed by atoms with Crippen LogP contribution in [0.25, 0.3) is 17.1 Å². The summed E-state index contributed by atoms with van der Waals surface area (Å²) in [5.74, 6) is 1.68. The van der Waals surface area contributed by atoms with Crippen LogP contribution >= 0.6 is 0 Å². The third-order valence-electron chi connectivity index (χ3n) is 4.56. The maximum absolute atomic E-state index is 4.82. The molecule has 3 aromatic heterocycles. The number of imidazole rings is 1. The number of aromatic nitrogens is 6. The van der Waals surface area contributed by atoms with Crippen molar-refractivity contribution in [3.8, 4) is 17.1 Å². The fourth-order valence-corrected chi connectivity index (χ4v) is 3.31. The van der Waals surface area contributed by atoms with Gasteiger partial charge in [-0.2, -0.15) is 5.10 Å². The van der Waals surface area contributed by atoms with E-state index in [4.69, 9.17) is 10.1 Å². The van der Waals surface area contributed by atoms with E-state index in [-0.39, 0.29) is 0 Å². The quantitative estimate of drug-likeness (QED) is 0.500. The highest BCUT2D eigenvalue weighted by molar-refractivity contribution is 5.69. The monoisotopic (exact) mass is 328 g/mol. The van der Waals surface area contributed by atoms with Crippen LogP contribution in [0.15, 0.2) is 55.0 Å². The number of rotatable bonds is 2. The Morgan fingerprint density at radius 2 is 1.92 bits per heavy atom. The molecule has 0 radical (unpaired) electrons. The molecule has 0 saturated carbocycles. The van der Waals surface area contributed by atoms with Gasteiger partial charge in [0.05, 0.1) is 36.4 Å². The lowest BCUT2D eigenvalue weighted by Crippen LogP contribution is -2.06. The van der Waals surface area contributed by atoms with Gasteiger partial charge in [0.25, 0.3) is 0 Å². The van der Waals surface area contributed by atoms with Gasteiger partial charge in [0.1, 0.15) is 0 Å². The summed E-state index contributed by atoms with van der Waals surface area (Å²) in [6.07, 6.45) is 4.31. The highest BCUT2D eigenvalue weighted by Gasteiger charge is 2.23. The lowest BCUT2D eigenvalue weighted by atomic mass is 10.1. The molecule has 122 valence electrons. The molecule has 1 aliphatic rings. The van der Waals surface area contributed by atoms with Gasteiger partial charge >= 0.3 is 0 Å². The Balaban J connectivity index is 1.66. The van der Waals surface area contributed by atoms with Crippen LogP contribution in [0.3, 0.4) is 0 Å². The third-order valence-corrected chi connectivity index (χ3v) is 4.56. The molecule has 1 aromatic carbocycles. The van der Waals surface area contributed by atoms with Gasteiger partial charge in [-0.05, 0) is 31.2 Å². The summed E-state index contributed by atoms with van der Waals surface area (Å²) >= 11 is 0. The minimum Gasteiger partial charge on any atom is -0.300 e. The van der Waals surface area contributed by atoms with Gasteiger partial charge in [-0.1, -0.05) is 18.2 Å². The number of hydrogen-bond acceptors (Lipinski definition) is 4. The first-order valence-electron chi connectivity index (χ1n) is 8.26. The summed E-state index contributed by atoms with van der Waals surface area (Å²) in [5, 5.41) is 4.75. The molecule has 6 heteroatoms. The topological polar surface area (TPSA) is 61.4 Å². The SMILES string of the molecule is Cc1ncn2c1Cn1nc(Cc3ccccn3)nc1-c1ccccc1-2. The summed E-state index contributed by atoms with van der Waals surface area (Å²) in [4.78, 5) is 13.7. The molecule has 5 rings (SSSR count). The van der Waals surface area contributed by atoms with E-state index < -0.39 is 0 Å². The highest BCUT2D eigenvalue weighted by atomic mass is 15.4. The molecule has 0 amide bonds. The molecule has 0 atom stereocenters. The number of nitrogens with zero attached hydrogens (tertiary/aromatic N) is 6. The van der Waals surface area contributed by atoms with Crippen LogP contribution in [-0.4, -0.2) is 29.3 Å². The van der Waals surface area contributed by atoms with Crippen molar-refractivity contribution in [1.82, 2.24) is 29.3 Å². The van der Waals surface area contributed by atoms with E-state index in [1.54, 1.807) is 6.20 Å². The zero-order valence-corrected chi connectivity index (χ0v) is 13.8. The molecular formula is C19H16N6. The molecule has 0 aliphatic carbocycles. The van der Waals surface area contributed by atoms with E-state index in [0.717, 1.165) is 40.0 Å². The van der Waals surface area contributed by atoms with Gasteiger partial charge < -0.3 is 4.57 Å². The first kappa shape index (κ1) is 14.1. The highest BCUT2D eigenvalue weighted by Crippen LogP contribution is 2.31. The summed E-state index contributed by atoms with van der Waals surface area (Å²) in [7, 11) is 0. The van der Waals surface area contributed by atoms with Crippen molar-refractivity contribution in [2.24, 2.45) is 0 Å². The maximum atomic E-state index is 4.82. The van der Waals surface area contributed by atoms with Crippen LogP contribution in [0.1, 0.15) is 22.9 Å². The first-order valence-corrected chi connectivity index (χ1v) is 8.26. The van der Waals surface area contributed by atoms with Crippen LogP contribution in [0.4, 0.5) is 0 Å². The second-order valence-corrected chi connectivity index (χ2v) is 6.17. The maximum Gasteiger partial charge on any atom is 0.160 e. The van der Waals surface area contributed by atoms with Crippen molar-refractivity contribution in [3.05, 3.63) is 77.9 Å². The van der Waals surface area contributed by atoms with E-state index in [1.807, 2.05) is 48.3 Å².